The zero-order valence-corrected chi connectivity index (χ0v) is 15.0. The number of carbonyl (C=O) groups excluding carboxylic acids is 1. The van der Waals surface area contributed by atoms with Gasteiger partial charge in [0.15, 0.2) is 0 Å². The average Bonchev–Trinajstić information content (AvgIpc) is 2.84. The van der Waals surface area contributed by atoms with Crippen molar-refractivity contribution in [1.82, 2.24) is 9.80 Å². The summed E-state index contributed by atoms with van der Waals surface area (Å²) >= 11 is 0. The van der Waals surface area contributed by atoms with Crippen LogP contribution in [0.1, 0.15) is 24.0 Å². The number of nitrogens with zero attached hydrogens (tertiary/aromatic N) is 2. The van der Waals surface area contributed by atoms with Crippen LogP contribution >= 0.6 is 0 Å². The third kappa shape index (κ3) is 3.53. The molecule has 2 atom stereocenters. The summed E-state index contributed by atoms with van der Waals surface area (Å²) in [5, 5.41) is 0. The van der Waals surface area contributed by atoms with Gasteiger partial charge in [0.25, 0.3) is 0 Å². The lowest BCUT2D eigenvalue weighted by Crippen LogP contribution is -2.48. The van der Waals surface area contributed by atoms with E-state index >= 15 is 0 Å². The summed E-state index contributed by atoms with van der Waals surface area (Å²) in [4.78, 5) is 17.1. The van der Waals surface area contributed by atoms with Crippen molar-refractivity contribution in [3.05, 3.63) is 35.4 Å². The molecule has 5 heteroatoms. The highest BCUT2D eigenvalue weighted by atomic mass is 16.6. The maximum absolute atomic E-state index is 12.5. The Hall–Kier alpha value is -1.59. The van der Waals surface area contributed by atoms with Crippen LogP contribution in [0.5, 0.6) is 0 Å². The third-order valence-electron chi connectivity index (χ3n) is 6.04. The van der Waals surface area contributed by atoms with Gasteiger partial charge in [-0.1, -0.05) is 24.3 Å². The van der Waals surface area contributed by atoms with Crippen molar-refractivity contribution in [3.63, 3.8) is 0 Å². The Kier molecular flexibility index (Phi) is 4.95. The van der Waals surface area contributed by atoms with E-state index in [-0.39, 0.29) is 12.1 Å². The van der Waals surface area contributed by atoms with Crippen LogP contribution in [0.4, 0.5) is 4.79 Å². The topological polar surface area (TPSA) is 42.0 Å². The summed E-state index contributed by atoms with van der Waals surface area (Å²) in [7, 11) is 1.62. The van der Waals surface area contributed by atoms with Crippen LogP contribution in [0, 0.1) is 5.92 Å². The molecule has 0 unspecified atom stereocenters. The van der Waals surface area contributed by atoms with Gasteiger partial charge in [0, 0.05) is 38.8 Å². The van der Waals surface area contributed by atoms with Crippen molar-refractivity contribution >= 4 is 6.09 Å². The zero-order valence-electron chi connectivity index (χ0n) is 15.0. The molecule has 5 rings (SSSR count). The molecule has 4 aliphatic rings. The van der Waals surface area contributed by atoms with Gasteiger partial charge in [-0.3, -0.25) is 4.90 Å². The third-order valence-corrected chi connectivity index (χ3v) is 6.04. The molecule has 5 nitrogen and oxygen atoms in total. The van der Waals surface area contributed by atoms with Crippen LogP contribution in [0.25, 0.3) is 0 Å². The Morgan fingerprint density at radius 3 is 2.52 bits per heavy atom. The first-order valence-electron chi connectivity index (χ1n) is 9.47. The van der Waals surface area contributed by atoms with Gasteiger partial charge in [-0.15, -0.1) is 0 Å². The molecule has 3 heterocycles. The second-order valence-corrected chi connectivity index (χ2v) is 7.64. The van der Waals surface area contributed by atoms with Crippen LogP contribution in [0.2, 0.25) is 0 Å². The van der Waals surface area contributed by atoms with E-state index in [1.54, 1.807) is 7.11 Å². The van der Waals surface area contributed by atoms with Crippen molar-refractivity contribution in [2.24, 2.45) is 5.92 Å². The molecule has 1 aliphatic carbocycles. The van der Waals surface area contributed by atoms with E-state index in [4.69, 9.17) is 9.47 Å². The number of hydrogen-bond acceptors (Lipinski definition) is 4. The lowest BCUT2D eigenvalue weighted by molar-refractivity contribution is 0.0485. The van der Waals surface area contributed by atoms with Crippen molar-refractivity contribution in [2.45, 2.75) is 37.8 Å². The standard InChI is InChI=1S/C20H28N2O3/c1-24-8-9-25-20(23)22-13-15-6-7-18(22)14-21(12-15)19-10-16-4-2-3-5-17(16)11-19/h2-5,15,18-19H,6-14H2,1H3/t15-,18+/m1/s1. The molecule has 136 valence electrons. The number of benzene rings is 1. The number of methoxy groups -OCH3 is 1. The van der Waals surface area contributed by atoms with Crippen LogP contribution in [-0.4, -0.2) is 67.9 Å². The molecule has 3 saturated heterocycles. The van der Waals surface area contributed by atoms with Crippen LogP contribution < -0.4 is 0 Å². The lowest BCUT2D eigenvalue weighted by Gasteiger charge is -2.35. The summed E-state index contributed by atoms with van der Waals surface area (Å²) < 4.78 is 10.4. The Morgan fingerprint density at radius 1 is 1.04 bits per heavy atom. The van der Waals surface area contributed by atoms with E-state index in [2.05, 4.69) is 29.2 Å². The molecule has 1 aromatic rings. The number of ether oxygens (including phenoxy) is 2. The molecule has 3 aliphatic heterocycles. The van der Waals surface area contributed by atoms with E-state index in [0.29, 0.717) is 25.2 Å². The second-order valence-electron chi connectivity index (χ2n) is 7.64. The first kappa shape index (κ1) is 16.9. The smallest absolute Gasteiger partial charge is 0.410 e. The minimum Gasteiger partial charge on any atom is -0.447 e. The van der Waals surface area contributed by atoms with Crippen LogP contribution in [0.3, 0.4) is 0 Å². The number of rotatable bonds is 4. The van der Waals surface area contributed by atoms with Gasteiger partial charge in [-0.25, -0.2) is 4.79 Å². The summed E-state index contributed by atoms with van der Waals surface area (Å²) in [5.74, 6) is 0.567. The highest BCUT2D eigenvalue weighted by molar-refractivity contribution is 5.68. The van der Waals surface area contributed by atoms with Gasteiger partial charge in [-0.2, -0.15) is 0 Å². The molecular weight excluding hydrogens is 316 g/mol. The van der Waals surface area contributed by atoms with Crippen molar-refractivity contribution < 1.29 is 14.3 Å². The normalized spacial score (nSPS) is 26.5. The van der Waals surface area contributed by atoms with Gasteiger partial charge in [0.1, 0.15) is 6.61 Å². The average molecular weight is 344 g/mol. The second kappa shape index (κ2) is 7.34. The Balaban J connectivity index is 1.41. The van der Waals surface area contributed by atoms with E-state index < -0.39 is 0 Å². The fourth-order valence-electron chi connectivity index (χ4n) is 4.73. The largest absolute Gasteiger partial charge is 0.447 e. The van der Waals surface area contributed by atoms with Crippen molar-refractivity contribution in [2.75, 3.05) is 40.0 Å². The number of piperidine rings is 1. The summed E-state index contributed by atoms with van der Waals surface area (Å²) in [5.41, 5.74) is 3.00. The van der Waals surface area contributed by atoms with Gasteiger partial charge in [-0.05, 0) is 42.7 Å². The van der Waals surface area contributed by atoms with Crippen molar-refractivity contribution in [3.8, 4) is 0 Å². The van der Waals surface area contributed by atoms with E-state index in [0.717, 1.165) is 38.9 Å². The van der Waals surface area contributed by atoms with Crippen LogP contribution in [0.15, 0.2) is 24.3 Å². The van der Waals surface area contributed by atoms with Gasteiger partial charge < -0.3 is 14.4 Å². The molecule has 0 N–H and O–H groups in total. The van der Waals surface area contributed by atoms with Gasteiger partial charge in [0.05, 0.1) is 6.61 Å². The van der Waals surface area contributed by atoms with Crippen LogP contribution in [-0.2, 0) is 22.3 Å². The number of fused-ring (bicyclic) bond motifs is 5. The highest BCUT2D eigenvalue weighted by Gasteiger charge is 2.40. The Labute approximate surface area is 149 Å². The molecule has 0 aromatic heterocycles. The molecule has 2 bridgehead atoms. The zero-order chi connectivity index (χ0) is 17.2. The Morgan fingerprint density at radius 2 is 1.80 bits per heavy atom. The number of hydrogen-bond donors (Lipinski definition) is 0. The first-order valence-corrected chi connectivity index (χ1v) is 9.47. The fourth-order valence-corrected chi connectivity index (χ4v) is 4.73. The predicted octanol–water partition coefficient (Wildman–Crippen LogP) is 2.33. The minimum absolute atomic E-state index is 0.164. The SMILES string of the molecule is COCCOC(=O)N1C[C@@H]2CC[C@H]1CN(C1Cc3ccccc3C1)C2. The quantitative estimate of drug-likeness (QED) is 0.786. The van der Waals surface area contributed by atoms with E-state index in [1.165, 1.54) is 17.5 Å². The lowest BCUT2D eigenvalue weighted by atomic mass is 9.95. The predicted molar refractivity (Wildman–Crippen MR) is 95.7 cm³/mol. The maximum Gasteiger partial charge on any atom is 0.410 e. The monoisotopic (exact) mass is 344 g/mol. The first-order chi connectivity index (χ1) is 12.2. The van der Waals surface area contributed by atoms with Gasteiger partial charge in [0.2, 0.25) is 0 Å². The molecular formula is C20H28N2O3. The highest BCUT2D eigenvalue weighted by Crippen LogP contribution is 2.33. The summed E-state index contributed by atoms with van der Waals surface area (Å²) in [6.07, 6.45) is 4.45. The number of carbonyl (C=O) groups is 1. The van der Waals surface area contributed by atoms with Crippen molar-refractivity contribution in [1.29, 1.82) is 0 Å². The molecule has 3 fully saturated rings. The molecule has 0 saturated carbocycles. The molecule has 25 heavy (non-hydrogen) atoms. The summed E-state index contributed by atoms with van der Waals surface area (Å²) in [6, 6.07) is 9.70. The maximum atomic E-state index is 12.5. The number of amides is 1. The summed E-state index contributed by atoms with van der Waals surface area (Å²) in [6.45, 7) is 3.73. The molecule has 1 amide bonds. The fraction of sp³-hybridized carbons (Fsp3) is 0.650. The molecule has 1 aromatic carbocycles. The minimum atomic E-state index is -0.164. The van der Waals surface area contributed by atoms with E-state index in [9.17, 15) is 4.79 Å². The molecule has 0 spiro atoms. The molecule has 0 radical (unpaired) electrons. The Bertz CT molecular complexity index is 596. The van der Waals surface area contributed by atoms with Gasteiger partial charge >= 0.3 is 6.09 Å². The van der Waals surface area contributed by atoms with E-state index in [1.807, 2.05) is 4.90 Å².